The molecular formula is C16H14ClN3O3. The van der Waals surface area contributed by atoms with E-state index in [1.165, 1.54) is 6.21 Å². The van der Waals surface area contributed by atoms with Gasteiger partial charge in [-0.2, -0.15) is 5.10 Å². The van der Waals surface area contributed by atoms with Gasteiger partial charge in [-0.1, -0.05) is 23.7 Å². The van der Waals surface area contributed by atoms with Gasteiger partial charge in [0.15, 0.2) is 0 Å². The predicted octanol–water partition coefficient (Wildman–Crippen LogP) is 2.44. The Morgan fingerprint density at radius 2 is 1.87 bits per heavy atom. The molecule has 7 heteroatoms. The quantitative estimate of drug-likeness (QED) is 0.513. The van der Waals surface area contributed by atoms with E-state index in [0.717, 1.165) is 5.56 Å². The molecule has 0 radical (unpaired) electrons. The van der Waals surface area contributed by atoms with Crippen molar-refractivity contribution >= 4 is 35.3 Å². The first-order valence-corrected chi connectivity index (χ1v) is 7.00. The lowest BCUT2D eigenvalue weighted by molar-refractivity contribution is -0.136. The third-order valence-electron chi connectivity index (χ3n) is 2.78. The molecule has 0 bridgehead atoms. The molecule has 0 unspecified atom stereocenters. The Labute approximate surface area is 138 Å². The van der Waals surface area contributed by atoms with Gasteiger partial charge in [-0.15, -0.1) is 0 Å². The van der Waals surface area contributed by atoms with Crippen LogP contribution in [0.3, 0.4) is 0 Å². The van der Waals surface area contributed by atoms with Crippen molar-refractivity contribution < 1.29 is 14.3 Å². The number of amides is 2. The minimum Gasteiger partial charge on any atom is -0.497 e. The van der Waals surface area contributed by atoms with Crippen molar-refractivity contribution in [3.05, 3.63) is 59.1 Å². The van der Waals surface area contributed by atoms with E-state index < -0.39 is 11.8 Å². The molecule has 2 aromatic carbocycles. The molecule has 0 fully saturated rings. The van der Waals surface area contributed by atoms with Crippen LogP contribution in [0.4, 0.5) is 5.69 Å². The summed E-state index contributed by atoms with van der Waals surface area (Å²) >= 11 is 5.74. The third-order valence-corrected chi connectivity index (χ3v) is 3.03. The van der Waals surface area contributed by atoms with E-state index in [0.29, 0.717) is 16.5 Å². The Morgan fingerprint density at radius 3 is 2.57 bits per heavy atom. The Bertz CT molecular complexity index is 730. The van der Waals surface area contributed by atoms with Gasteiger partial charge in [0.05, 0.1) is 13.3 Å². The molecule has 2 N–H and O–H groups in total. The second-order valence-corrected chi connectivity index (χ2v) is 4.87. The van der Waals surface area contributed by atoms with Crippen LogP contribution in [0.5, 0.6) is 5.75 Å². The van der Waals surface area contributed by atoms with Crippen LogP contribution in [0.1, 0.15) is 5.56 Å². The molecule has 6 nitrogen and oxygen atoms in total. The van der Waals surface area contributed by atoms with Gasteiger partial charge in [-0.05, 0) is 42.0 Å². The summed E-state index contributed by atoms with van der Waals surface area (Å²) in [4.78, 5) is 23.3. The van der Waals surface area contributed by atoms with Crippen molar-refractivity contribution in [3.63, 3.8) is 0 Å². The molecular weight excluding hydrogens is 318 g/mol. The van der Waals surface area contributed by atoms with Crippen LogP contribution in [0.15, 0.2) is 53.6 Å². The monoisotopic (exact) mass is 331 g/mol. The van der Waals surface area contributed by atoms with Gasteiger partial charge >= 0.3 is 11.8 Å². The van der Waals surface area contributed by atoms with E-state index in [2.05, 4.69) is 15.8 Å². The zero-order valence-electron chi connectivity index (χ0n) is 12.2. The Morgan fingerprint density at radius 1 is 1.13 bits per heavy atom. The average molecular weight is 332 g/mol. The largest absolute Gasteiger partial charge is 0.497 e. The van der Waals surface area contributed by atoms with Crippen molar-refractivity contribution in [3.8, 4) is 5.75 Å². The van der Waals surface area contributed by atoms with Crippen molar-refractivity contribution in [1.82, 2.24) is 5.43 Å². The van der Waals surface area contributed by atoms with E-state index in [9.17, 15) is 9.59 Å². The van der Waals surface area contributed by atoms with E-state index in [-0.39, 0.29) is 0 Å². The maximum absolute atomic E-state index is 11.7. The molecule has 23 heavy (non-hydrogen) atoms. The van der Waals surface area contributed by atoms with Gasteiger partial charge in [-0.3, -0.25) is 9.59 Å². The van der Waals surface area contributed by atoms with E-state index in [4.69, 9.17) is 16.3 Å². The number of hydrazone groups is 1. The number of nitrogens with one attached hydrogen (secondary N) is 2. The van der Waals surface area contributed by atoms with E-state index in [1.54, 1.807) is 55.6 Å². The maximum Gasteiger partial charge on any atom is 0.329 e. The number of halogens is 1. The number of rotatable bonds is 4. The Hall–Kier alpha value is -2.86. The standard InChI is InChI=1S/C16H14ClN3O3/c1-23-14-4-2-3-11(9-14)10-18-20-16(22)15(21)19-13-7-5-12(17)6-8-13/h2-10H,1H3,(H,19,21)(H,20,22)/b18-10-. The maximum atomic E-state index is 11.7. The number of carbonyl (C=O) groups excluding carboxylic acids is 2. The summed E-state index contributed by atoms with van der Waals surface area (Å²) in [6, 6.07) is 13.5. The predicted molar refractivity (Wildman–Crippen MR) is 88.8 cm³/mol. The number of ether oxygens (including phenoxy) is 1. The first-order valence-electron chi connectivity index (χ1n) is 6.62. The van der Waals surface area contributed by atoms with E-state index in [1.807, 2.05) is 0 Å². The first-order chi connectivity index (χ1) is 11.1. The van der Waals surface area contributed by atoms with Crippen LogP contribution in [-0.4, -0.2) is 25.1 Å². The van der Waals surface area contributed by atoms with Crippen LogP contribution in [0, 0.1) is 0 Å². The van der Waals surface area contributed by atoms with Crippen LogP contribution < -0.4 is 15.5 Å². The second-order valence-electron chi connectivity index (χ2n) is 4.44. The smallest absolute Gasteiger partial charge is 0.329 e. The highest BCUT2D eigenvalue weighted by Gasteiger charge is 2.12. The molecule has 0 aliphatic rings. The molecule has 2 amide bonds. The minimum absolute atomic E-state index is 0.464. The molecule has 0 atom stereocenters. The van der Waals surface area contributed by atoms with E-state index >= 15 is 0 Å². The number of benzene rings is 2. The summed E-state index contributed by atoms with van der Waals surface area (Å²) in [7, 11) is 1.55. The highest BCUT2D eigenvalue weighted by molar-refractivity contribution is 6.39. The first kappa shape index (κ1) is 16.5. The van der Waals surface area contributed by atoms with Gasteiger partial charge in [0.2, 0.25) is 0 Å². The molecule has 0 aliphatic carbocycles. The average Bonchev–Trinajstić information content (AvgIpc) is 2.57. The summed E-state index contributed by atoms with van der Waals surface area (Å²) in [5.41, 5.74) is 3.34. The number of anilines is 1. The topological polar surface area (TPSA) is 79.8 Å². The van der Waals surface area contributed by atoms with Crippen LogP contribution in [-0.2, 0) is 9.59 Å². The summed E-state index contributed by atoms with van der Waals surface area (Å²) in [5, 5.41) is 6.70. The van der Waals surface area contributed by atoms with Gasteiger partial charge < -0.3 is 10.1 Å². The fraction of sp³-hybridized carbons (Fsp3) is 0.0625. The molecule has 118 valence electrons. The van der Waals surface area contributed by atoms with Gasteiger partial charge in [0.1, 0.15) is 5.75 Å². The lowest BCUT2D eigenvalue weighted by Gasteiger charge is -2.04. The van der Waals surface area contributed by atoms with Crippen molar-refractivity contribution in [1.29, 1.82) is 0 Å². The third kappa shape index (κ3) is 5.12. The number of carbonyl (C=O) groups is 2. The zero-order chi connectivity index (χ0) is 16.7. The highest BCUT2D eigenvalue weighted by atomic mass is 35.5. The molecule has 2 aromatic rings. The summed E-state index contributed by atoms with van der Waals surface area (Å²) < 4.78 is 5.07. The molecule has 0 saturated carbocycles. The molecule has 0 aromatic heterocycles. The number of nitrogens with zero attached hydrogens (tertiary/aromatic N) is 1. The minimum atomic E-state index is -0.876. The second kappa shape index (κ2) is 7.95. The highest BCUT2D eigenvalue weighted by Crippen LogP contribution is 2.13. The molecule has 2 rings (SSSR count). The summed E-state index contributed by atoms with van der Waals surface area (Å²) in [5.74, 6) is -1.03. The lowest BCUT2D eigenvalue weighted by atomic mass is 10.2. The normalized spacial score (nSPS) is 10.3. The van der Waals surface area contributed by atoms with Crippen molar-refractivity contribution in [2.24, 2.45) is 5.10 Å². The van der Waals surface area contributed by atoms with Crippen molar-refractivity contribution in [2.45, 2.75) is 0 Å². The zero-order valence-corrected chi connectivity index (χ0v) is 13.0. The molecule has 0 heterocycles. The van der Waals surface area contributed by atoms with Crippen molar-refractivity contribution in [2.75, 3.05) is 12.4 Å². The van der Waals surface area contributed by atoms with Crippen LogP contribution in [0.25, 0.3) is 0 Å². The molecule has 0 spiro atoms. The fourth-order valence-electron chi connectivity index (χ4n) is 1.66. The number of hydrogen-bond donors (Lipinski definition) is 2. The SMILES string of the molecule is COc1cccc(/C=N\NC(=O)C(=O)Nc2ccc(Cl)cc2)c1. The summed E-state index contributed by atoms with van der Waals surface area (Å²) in [6.07, 6.45) is 1.41. The Kier molecular flexibility index (Phi) is 5.71. The summed E-state index contributed by atoms with van der Waals surface area (Å²) in [6.45, 7) is 0. The van der Waals surface area contributed by atoms with Gasteiger partial charge in [0, 0.05) is 10.7 Å². The Balaban J connectivity index is 1.89. The number of methoxy groups -OCH3 is 1. The van der Waals surface area contributed by atoms with Gasteiger partial charge in [0.25, 0.3) is 0 Å². The number of hydrogen-bond acceptors (Lipinski definition) is 4. The van der Waals surface area contributed by atoms with Gasteiger partial charge in [-0.25, -0.2) is 5.43 Å². The fourth-order valence-corrected chi connectivity index (χ4v) is 1.79. The van der Waals surface area contributed by atoms with Crippen LogP contribution in [0.2, 0.25) is 5.02 Å². The molecule has 0 aliphatic heterocycles. The lowest BCUT2D eigenvalue weighted by Crippen LogP contribution is -2.32. The molecule has 0 saturated heterocycles. The van der Waals surface area contributed by atoms with Crippen LogP contribution >= 0.6 is 11.6 Å².